The van der Waals surface area contributed by atoms with Gasteiger partial charge >= 0.3 is 0 Å². The van der Waals surface area contributed by atoms with E-state index in [1.54, 1.807) is 0 Å². The number of hydrogen-bond donors (Lipinski definition) is 1. The fraction of sp³-hybridized carbons (Fsp3) is 0.600. The summed E-state index contributed by atoms with van der Waals surface area (Å²) in [5, 5.41) is 6.98. The number of Topliss-reactive ketones (excluding diaryl/α,β-unsaturated/α-hetero) is 1. The normalized spacial score (nSPS) is 22.6. The fourth-order valence-corrected chi connectivity index (χ4v) is 1.70. The second-order valence-electron chi connectivity index (χ2n) is 3.73. The van der Waals surface area contributed by atoms with Crippen LogP contribution in [0.5, 0.6) is 0 Å². The highest BCUT2D eigenvalue weighted by molar-refractivity contribution is 5.82. The summed E-state index contributed by atoms with van der Waals surface area (Å²) in [7, 11) is 0. The molecule has 0 saturated carbocycles. The Hall–Kier alpha value is -1.16. The van der Waals surface area contributed by atoms with Gasteiger partial charge in [0.05, 0.1) is 18.9 Å². The Morgan fingerprint density at radius 1 is 1.71 bits per heavy atom. The van der Waals surface area contributed by atoms with Crippen molar-refractivity contribution < 1.29 is 9.53 Å². The molecule has 1 N–H and O–H groups in total. The predicted octanol–water partition coefficient (Wildman–Crippen LogP) is 0.866. The number of nitrogens with one attached hydrogen (secondary N) is 1. The van der Waals surface area contributed by atoms with E-state index < -0.39 is 0 Å². The Balaban J connectivity index is 1.99. The first-order valence-electron chi connectivity index (χ1n) is 4.87. The van der Waals surface area contributed by atoms with Crippen LogP contribution in [0.1, 0.15) is 17.8 Å². The van der Waals surface area contributed by atoms with Gasteiger partial charge in [0.15, 0.2) is 0 Å². The first kappa shape index (κ1) is 9.40. The standard InChI is InChI=1S/C10H14N2O2/c1-7-4-9(12-11-7)5-8-6-14-3-2-10(8)13/h4,8H,2-3,5-6H2,1H3,(H,11,12). The molecule has 1 unspecified atom stereocenters. The third kappa shape index (κ3) is 2.01. The van der Waals surface area contributed by atoms with Gasteiger partial charge < -0.3 is 4.74 Å². The maximum absolute atomic E-state index is 11.5. The number of carbonyl (C=O) groups is 1. The molecule has 1 aliphatic heterocycles. The summed E-state index contributed by atoms with van der Waals surface area (Å²) in [6.45, 7) is 3.08. The molecule has 1 saturated heterocycles. The molecule has 1 aromatic rings. The molecule has 4 nitrogen and oxygen atoms in total. The van der Waals surface area contributed by atoms with Crippen LogP contribution in [0.3, 0.4) is 0 Å². The van der Waals surface area contributed by atoms with Gasteiger partial charge in [-0.2, -0.15) is 5.10 Å². The Labute approximate surface area is 82.7 Å². The van der Waals surface area contributed by atoms with Crippen molar-refractivity contribution in [2.75, 3.05) is 13.2 Å². The lowest BCUT2D eigenvalue weighted by Crippen LogP contribution is -2.29. The summed E-state index contributed by atoms with van der Waals surface area (Å²) in [4.78, 5) is 11.5. The molecule has 4 heteroatoms. The smallest absolute Gasteiger partial charge is 0.140 e. The number of H-pyrrole nitrogens is 1. The molecule has 0 bridgehead atoms. The van der Waals surface area contributed by atoms with Crippen molar-refractivity contribution in [1.82, 2.24) is 10.2 Å². The first-order valence-corrected chi connectivity index (χ1v) is 4.87. The zero-order chi connectivity index (χ0) is 9.97. The van der Waals surface area contributed by atoms with E-state index in [0.29, 0.717) is 31.8 Å². The van der Waals surface area contributed by atoms with E-state index in [-0.39, 0.29) is 5.92 Å². The van der Waals surface area contributed by atoms with Crippen molar-refractivity contribution in [3.63, 3.8) is 0 Å². The van der Waals surface area contributed by atoms with E-state index >= 15 is 0 Å². The molecule has 1 fully saturated rings. The minimum atomic E-state index is 0.00597. The summed E-state index contributed by atoms with van der Waals surface area (Å²) < 4.78 is 5.27. The van der Waals surface area contributed by atoms with Crippen LogP contribution in [-0.4, -0.2) is 29.2 Å². The highest BCUT2D eigenvalue weighted by Crippen LogP contribution is 2.15. The molecule has 0 aliphatic carbocycles. The SMILES string of the molecule is Cc1cc(CC2COCCC2=O)n[nH]1. The van der Waals surface area contributed by atoms with Crippen molar-refractivity contribution in [2.45, 2.75) is 19.8 Å². The first-order chi connectivity index (χ1) is 6.75. The lowest BCUT2D eigenvalue weighted by Gasteiger charge is -2.19. The third-order valence-electron chi connectivity index (χ3n) is 2.48. The molecule has 1 atom stereocenters. The van der Waals surface area contributed by atoms with Crippen molar-refractivity contribution in [2.24, 2.45) is 5.92 Å². The van der Waals surface area contributed by atoms with Crippen LogP contribution in [-0.2, 0) is 16.0 Å². The summed E-state index contributed by atoms with van der Waals surface area (Å²) in [5.74, 6) is 0.309. The molecule has 0 amide bonds. The highest BCUT2D eigenvalue weighted by atomic mass is 16.5. The molecular weight excluding hydrogens is 180 g/mol. The molecule has 76 valence electrons. The summed E-state index contributed by atoms with van der Waals surface area (Å²) in [6, 6.07) is 1.97. The largest absolute Gasteiger partial charge is 0.380 e. The van der Waals surface area contributed by atoms with Gasteiger partial charge in [-0.25, -0.2) is 0 Å². The molecule has 2 heterocycles. The van der Waals surface area contributed by atoms with E-state index in [1.807, 2.05) is 13.0 Å². The molecule has 0 aromatic carbocycles. The lowest BCUT2D eigenvalue weighted by molar-refractivity contribution is -0.130. The molecule has 0 spiro atoms. The Bertz CT molecular complexity index is 333. The average Bonchev–Trinajstić information content (AvgIpc) is 2.56. The van der Waals surface area contributed by atoms with Crippen molar-refractivity contribution >= 4 is 5.78 Å². The number of aryl methyl sites for hydroxylation is 1. The van der Waals surface area contributed by atoms with Crippen LogP contribution in [0.25, 0.3) is 0 Å². The number of aromatic nitrogens is 2. The van der Waals surface area contributed by atoms with Crippen molar-refractivity contribution in [3.05, 3.63) is 17.5 Å². The Kier molecular flexibility index (Phi) is 2.63. The topological polar surface area (TPSA) is 55.0 Å². The molecular formula is C10H14N2O2. The molecule has 0 radical (unpaired) electrons. The Morgan fingerprint density at radius 3 is 3.21 bits per heavy atom. The Morgan fingerprint density at radius 2 is 2.57 bits per heavy atom. The van der Waals surface area contributed by atoms with Crippen LogP contribution >= 0.6 is 0 Å². The van der Waals surface area contributed by atoms with Gasteiger partial charge in [0.1, 0.15) is 5.78 Å². The zero-order valence-corrected chi connectivity index (χ0v) is 8.25. The van der Waals surface area contributed by atoms with Gasteiger partial charge in [0, 0.05) is 24.5 Å². The summed E-state index contributed by atoms with van der Waals surface area (Å²) >= 11 is 0. The van der Waals surface area contributed by atoms with Gasteiger partial charge in [-0.1, -0.05) is 0 Å². The second kappa shape index (κ2) is 3.92. The van der Waals surface area contributed by atoms with Crippen LogP contribution in [0, 0.1) is 12.8 Å². The minimum Gasteiger partial charge on any atom is -0.380 e. The van der Waals surface area contributed by atoms with Crippen molar-refractivity contribution in [1.29, 1.82) is 0 Å². The number of ketones is 1. The van der Waals surface area contributed by atoms with Crippen LogP contribution < -0.4 is 0 Å². The molecule has 1 aliphatic rings. The van der Waals surface area contributed by atoms with Crippen LogP contribution in [0.15, 0.2) is 6.07 Å². The minimum absolute atomic E-state index is 0.00597. The highest BCUT2D eigenvalue weighted by Gasteiger charge is 2.23. The van der Waals surface area contributed by atoms with Gasteiger partial charge in [-0.3, -0.25) is 9.89 Å². The van der Waals surface area contributed by atoms with Gasteiger partial charge in [-0.15, -0.1) is 0 Å². The van der Waals surface area contributed by atoms with E-state index in [0.717, 1.165) is 11.4 Å². The number of aromatic amines is 1. The lowest BCUT2D eigenvalue weighted by atomic mass is 9.95. The zero-order valence-electron chi connectivity index (χ0n) is 8.25. The van der Waals surface area contributed by atoms with Crippen LogP contribution in [0.4, 0.5) is 0 Å². The monoisotopic (exact) mass is 194 g/mol. The molecule has 1 aromatic heterocycles. The molecule has 14 heavy (non-hydrogen) atoms. The maximum atomic E-state index is 11.5. The van der Waals surface area contributed by atoms with Crippen LogP contribution in [0.2, 0.25) is 0 Å². The molecule has 2 rings (SSSR count). The van der Waals surface area contributed by atoms with E-state index in [2.05, 4.69) is 10.2 Å². The fourth-order valence-electron chi connectivity index (χ4n) is 1.70. The number of hydrogen-bond acceptors (Lipinski definition) is 3. The van der Waals surface area contributed by atoms with E-state index in [1.165, 1.54) is 0 Å². The third-order valence-corrected chi connectivity index (χ3v) is 2.48. The summed E-state index contributed by atoms with van der Waals surface area (Å²) in [6.07, 6.45) is 1.25. The van der Waals surface area contributed by atoms with Gasteiger partial charge in [0.25, 0.3) is 0 Å². The van der Waals surface area contributed by atoms with Gasteiger partial charge in [0.2, 0.25) is 0 Å². The number of ether oxygens (including phenoxy) is 1. The maximum Gasteiger partial charge on any atom is 0.140 e. The van der Waals surface area contributed by atoms with E-state index in [4.69, 9.17) is 4.74 Å². The number of rotatable bonds is 2. The second-order valence-corrected chi connectivity index (χ2v) is 3.73. The average molecular weight is 194 g/mol. The van der Waals surface area contributed by atoms with E-state index in [9.17, 15) is 4.79 Å². The van der Waals surface area contributed by atoms with Gasteiger partial charge in [-0.05, 0) is 13.0 Å². The number of nitrogens with zero attached hydrogens (tertiary/aromatic N) is 1. The predicted molar refractivity (Wildman–Crippen MR) is 51.0 cm³/mol. The summed E-state index contributed by atoms with van der Waals surface area (Å²) in [5.41, 5.74) is 1.98. The number of carbonyl (C=O) groups excluding carboxylic acids is 1. The van der Waals surface area contributed by atoms with Crippen molar-refractivity contribution in [3.8, 4) is 0 Å². The quantitative estimate of drug-likeness (QED) is 0.760.